The third-order valence-corrected chi connectivity index (χ3v) is 2.05. The van der Waals surface area contributed by atoms with Crippen molar-refractivity contribution in [3.63, 3.8) is 0 Å². The van der Waals surface area contributed by atoms with Crippen LogP contribution in [-0.2, 0) is 6.42 Å². The predicted molar refractivity (Wildman–Crippen MR) is 49.3 cm³/mol. The lowest BCUT2D eigenvalue weighted by atomic mass is 10.3. The molecule has 9 heavy (non-hydrogen) atoms. The molecular formula is C6H8INS. The molecule has 0 bridgehead atoms. The normalized spacial score (nSPS) is 13.6. The van der Waals surface area contributed by atoms with Gasteiger partial charge in [0.2, 0.25) is 0 Å². The summed E-state index contributed by atoms with van der Waals surface area (Å²) in [5.41, 5.74) is 3.11. The molecule has 0 aliphatic carbocycles. The van der Waals surface area contributed by atoms with Crippen LogP contribution in [0.1, 0.15) is 12.6 Å². The Morgan fingerprint density at radius 3 is 3.11 bits per heavy atom. The zero-order valence-electron chi connectivity index (χ0n) is 5.17. The van der Waals surface area contributed by atoms with Crippen molar-refractivity contribution < 1.29 is 0 Å². The van der Waals surface area contributed by atoms with Crippen LogP contribution in [0.15, 0.2) is 10.9 Å². The lowest BCUT2D eigenvalue weighted by Gasteiger charge is -1.95. The Labute approximate surface area is 72.6 Å². The van der Waals surface area contributed by atoms with Crippen LogP contribution in [-0.4, -0.2) is 8.91 Å². The van der Waals surface area contributed by atoms with Gasteiger partial charge in [0.25, 0.3) is 0 Å². The molecule has 1 atom stereocenters. The van der Waals surface area contributed by atoms with Crippen LogP contribution in [0.25, 0.3) is 0 Å². The van der Waals surface area contributed by atoms with Gasteiger partial charge in [-0.15, -0.1) is 11.3 Å². The van der Waals surface area contributed by atoms with Gasteiger partial charge in [-0.3, -0.25) is 0 Å². The Morgan fingerprint density at radius 1 is 1.89 bits per heavy atom. The number of aromatic nitrogens is 1. The first kappa shape index (κ1) is 7.47. The van der Waals surface area contributed by atoms with Crippen LogP contribution < -0.4 is 0 Å². The fourth-order valence-corrected chi connectivity index (χ4v) is 1.65. The van der Waals surface area contributed by atoms with Crippen LogP contribution in [0.4, 0.5) is 0 Å². The molecule has 0 N–H and O–H groups in total. The van der Waals surface area contributed by atoms with E-state index in [1.165, 1.54) is 5.69 Å². The second-order valence-corrected chi connectivity index (χ2v) is 4.81. The van der Waals surface area contributed by atoms with Crippen LogP contribution in [0.2, 0.25) is 0 Å². The Kier molecular flexibility index (Phi) is 2.91. The topological polar surface area (TPSA) is 12.9 Å². The Bertz CT molecular complexity index is 160. The molecule has 1 aromatic heterocycles. The Hall–Kier alpha value is 0.360. The summed E-state index contributed by atoms with van der Waals surface area (Å²) in [5.74, 6) is 0. The molecule has 0 spiro atoms. The average Bonchev–Trinajstić information content (AvgIpc) is 2.15. The van der Waals surface area contributed by atoms with E-state index in [9.17, 15) is 0 Å². The number of hydrogen-bond acceptors (Lipinski definition) is 2. The SMILES string of the molecule is CC(I)Cc1cscn1. The number of halogens is 1. The minimum absolute atomic E-state index is 0.699. The second kappa shape index (κ2) is 3.51. The summed E-state index contributed by atoms with van der Waals surface area (Å²) in [6.45, 7) is 2.19. The number of alkyl halides is 1. The van der Waals surface area contributed by atoms with Gasteiger partial charge in [-0.05, 0) is 0 Å². The minimum atomic E-state index is 0.699. The largest absolute Gasteiger partial charge is 0.250 e. The monoisotopic (exact) mass is 253 g/mol. The fourth-order valence-electron chi connectivity index (χ4n) is 0.627. The molecule has 0 aromatic carbocycles. The smallest absolute Gasteiger partial charge is 0.0794 e. The number of thiazole rings is 1. The van der Waals surface area contributed by atoms with Crippen molar-refractivity contribution in [3.05, 3.63) is 16.6 Å². The summed E-state index contributed by atoms with van der Waals surface area (Å²) in [4.78, 5) is 4.17. The number of hydrogen-bond donors (Lipinski definition) is 0. The zero-order chi connectivity index (χ0) is 6.69. The highest BCUT2D eigenvalue weighted by Gasteiger charge is 1.98. The molecule has 50 valence electrons. The Balaban J connectivity index is 2.48. The van der Waals surface area contributed by atoms with Crippen molar-refractivity contribution in [2.45, 2.75) is 17.3 Å². The van der Waals surface area contributed by atoms with Gasteiger partial charge in [0.15, 0.2) is 0 Å². The molecule has 0 saturated heterocycles. The van der Waals surface area contributed by atoms with E-state index in [1.54, 1.807) is 11.3 Å². The highest BCUT2D eigenvalue weighted by Crippen LogP contribution is 2.09. The maximum Gasteiger partial charge on any atom is 0.0794 e. The summed E-state index contributed by atoms with van der Waals surface area (Å²) in [7, 11) is 0. The molecule has 0 amide bonds. The molecule has 3 heteroatoms. The minimum Gasteiger partial charge on any atom is -0.250 e. The molecule has 0 aliphatic rings. The van der Waals surface area contributed by atoms with E-state index >= 15 is 0 Å². The second-order valence-electron chi connectivity index (χ2n) is 1.96. The van der Waals surface area contributed by atoms with Gasteiger partial charge in [0.1, 0.15) is 0 Å². The molecule has 1 heterocycles. The lowest BCUT2D eigenvalue weighted by Crippen LogP contribution is -1.95. The van der Waals surface area contributed by atoms with Crippen LogP contribution >= 0.6 is 33.9 Å². The molecular weight excluding hydrogens is 245 g/mol. The highest BCUT2D eigenvalue weighted by atomic mass is 127. The van der Waals surface area contributed by atoms with Gasteiger partial charge in [-0.1, -0.05) is 29.5 Å². The van der Waals surface area contributed by atoms with Gasteiger partial charge in [-0.25, -0.2) is 4.98 Å². The van der Waals surface area contributed by atoms with Crippen molar-refractivity contribution in [3.8, 4) is 0 Å². The standard InChI is InChI=1S/C6H8INS/c1-5(7)2-6-3-9-4-8-6/h3-5H,2H2,1H3. The van der Waals surface area contributed by atoms with E-state index in [0.717, 1.165) is 6.42 Å². The van der Waals surface area contributed by atoms with Gasteiger partial charge in [-0.2, -0.15) is 0 Å². The predicted octanol–water partition coefficient (Wildman–Crippen LogP) is 2.51. The summed E-state index contributed by atoms with van der Waals surface area (Å²) in [6.07, 6.45) is 1.10. The van der Waals surface area contributed by atoms with E-state index in [4.69, 9.17) is 0 Å². The first-order valence-corrected chi connectivity index (χ1v) is 4.99. The third-order valence-electron chi connectivity index (χ3n) is 0.974. The summed E-state index contributed by atoms with van der Waals surface area (Å²) in [5, 5.41) is 2.11. The summed E-state index contributed by atoms with van der Waals surface area (Å²) in [6, 6.07) is 0. The Morgan fingerprint density at radius 2 is 2.67 bits per heavy atom. The van der Waals surface area contributed by atoms with Crippen molar-refractivity contribution in [1.82, 2.24) is 4.98 Å². The maximum atomic E-state index is 4.17. The highest BCUT2D eigenvalue weighted by molar-refractivity contribution is 14.1. The van der Waals surface area contributed by atoms with Crippen LogP contribution in [0, 0.1) is 0 Å². The fraction of sp³-hybridized carbons (Fsp3) is 0.500. The lowest BCUT2D eigenvalue weighted by molar-refractivity contribution is 0.940. The van der Waals surface area contributed by atoms with E-state index in [-0.39, 0.29) is 0 Å². The van der Waals surface area contributed by atoms with E-state index in [0.29, 0.717) is 3.92 Å². The number of rotatable bonds is 2. The molecule has 0 saturated carbocycles. The van der Waals surface area contributed by atoms with Crippen LogP contribution in [0.5, 0.6) is 0 Å². The van der Waals surface area contributed by atoms with Crippen molar-refractivity contribution in [2.75, 3.05) is 0 Å². The number of nitrogens with zero attached hydrogens (tertiary/aromatic N) is 1. The van der Waals surface area contributed by atoms with Crippen LogP contribution in [0.3, 0.4) is 0 Å². The van der Waals surface area contributed by atoms with Crippen molar-refractivity contribution in [1.29, 1.82) is 0 Å². The molecule has 1 unspecified atom stereocenters. The van der Waals surface area contributed by atoms with Gasteiger partial charge in [0, 0.05) is 15.7 Å². The molecule has 0 fully saturated rings. The van der Waals surface area contributed by atoms with E-state index < -0.39 is 0 Å². The molecule has 0 radical (unpaired) electrons. The summed E-state index contributed by atoms with van der Waals surface area (Å²) >= 11 is 4.08. The first-order chi connectivity index (χ1) is 4.29. The average molecular weight is 253 g/mol. The van der Waals surface area contributed by atoms with Gasteiger partial charge >= 0.3 is 0 Å². The van der Waals surface area contributed by atoms with E-state index in [1.807, 2.05) is 5.51 Å². The third kappa shape index (κ3) is 2.62. The maximum absolute atomic E-state index is 4.17. The molecule has 1 nitrogen and oxygen atoms in total. The summed E-state index contributed by atoms with van der Waals surface area (Å²) < 4.78 is 0.699. The molecule has 1 rings (SSSR count). The van der Waals surface area contributed by atoms with E-state index in [2.05, 4.69) is 39.9 Å². The van der Waals surface area contributed by atoms with Crippen molar-refractivity contribution in [2.24, 2.45) is 0 Å². The first-order valence-electron chi connectivity index (χ1n) is 2.80. The molecule has 0 aliphatic heterocycles. The van der Waals surface area contributed by atoms with Gasteiger partial charge in [0.05, 0.1) is 11.2 Å². The quantitative estimate of drug-likeness (QED) is 0.583. The zero-order valence-corrected chi connectivity index (χ0v) is 8.15. The molecule has 1 aromatic rings. The van der Waals surface area contributed by atoms with Gasteiger partial charge < -0.3 is 0 Å². The van der Waals surface area contributed by atoms with Crippen molar-refractivity contribution >= 4 is 33.9 Å².